The van der Waals surface area contributed by atoms with E-state index in [1.54, 1.807) is 0 Å². The van der Waals surface area contributed by atoms with E-state index in [0.717, 1.165) is 11.5 Å². The van der Waals surface area contributed by atoms with Gasteiger partial charge < -0.3 is 0 Å². The lowest BCUT2D eigenvalue weighted by Crippen LogP contribution is -2.20. The van der Waals surface area contributed by atoms with Crippen LogP contribution < -0.4 is 0 Å². The Morgan fingerprint density at radius 2 is 1.82 bits per heavy atom. The molecule has 0 saturated carbocycles. The number of rotatable bonds is 2. The summed E-state index contributed by atoms with van der Waals surface area (Å²) >= 11 is 0. The molecule has 63 valence electrons. The van der Waals surface area contributed by atoms with Gasteiger partial charge in [0.2, 0.25) is 0 Å². The number of allylic oxidation sites excluding steroid dienone is 2. The molecule has 0 N–H and O–H groups in total. The highest BCUT2D eigenvalue weighted by molar-refractivity contribution is 7.93. The Labute approximate surface area is 61.9 Å². The summed E-state index contributed by atoms with van der Waals surface area (Å²) in [6, 6.07) is 0. The van der Waals surface area contributed by atoms with Gasteiger partial charge in [0.25, 0.3) is 9.84 Å². The van der Waals surface area contributed by atoms with Crippen LogP contribution in [0.25, 0.3) is 0 Å². The molecule has 0 fully saturated rings. The van der Waals surface area contributed by atoms with Crippen LogP contribution in [0.4, 0.5) is 13.2 Å². The van der Waals surface area contributed by atoms with Gasteiger partial charge in [-0.15, -0.1) is 0 Å². The van der Waals surface area contributed by atoms with E-state index in [9.17, 15) is 21.6 Å². The van der Waals surface area contributed by atoms with Crippen LogP contribution in [0.15, 0.2) is 18.7 Å². The third-order valence-electron chi connectivity index (χ3n) is 0.646. The lowest BCUT2D eigenvalue weighted by Gasteiger charge is -2.00. The highest BCUT2D eigenvalue weighted by atomic mass is 32.2. The molecule has 0 atom stereocenters. The molecule has 0 amide bonds. The summed E-state index contributed by atoms with van der Waals surface area (Å²) in [6.07, 6.45) is 1.48. The minimum absolute atomic E-state index is 0.586. The molecule has 0 aliphatic rings. The van der Waals surface area contributed by atoms with E-state index in [4.69, 9.17) is 0 Å². The Morgan fingerprint density at radius 3 is 2.09 bits per heavy atom. The molecule has 0 bridgehead atoms. The van der Waals surface area contributed by atoms with Crippen LogP contribution in [0.1, 0.15) is 0 Å². The zero-order valence-electron chi connectivity index (χ0n) is 5.22. The van der Waals surface area contributed by atoms with E-state index in [0.29, 0.717) is 6.08 Å². The second-order valence-electron chi connectivity index (χ2n) is 1.47. The van der Waals surface area contributed by atoms with Gasteiger partial charge in [0, 0.05) is 0 Å². The molecule has 0 aromatic heterocycles. The molecule has 6 heteroatoms. The average molecular weight is 185 g/mol. The first-order chi connectivity index (χ1) is 4.81. The molecule has 0 spiro atoms. The van der Waals surface area contributed by atoms with Crippen LogP contribution >= 0.6 is 0 Å². The number of sulfone groups is 1. The van der Waals surface area contributed by atoms with Crippen LogP contribution in [0.2, 0.25) is 0 Å². The van der Waals surface area contributed by atoms with E-state index < -0.39 is 15.3 Å². The third-order valence-corrected chi connectivity index (χ3v) is 1.70. The minimum atomic E-state index is -5.27. The SMILES string of the molecule is C=C/C=[C]\S(=O)(=O)C(F)(F)F. The van der Waals surface area contributed by atoms with Crippen molar-refractivity contribution in [1.29, 1.82) is 0 Å². The van der Waals surface area contributed by atoms with Gasteiger partial charge in [-0.3, -0.25) is 0 Å². The fourth-order valence-corrected chi connectivity index (χ4v) is 0.614. The van der Waals surface area contributed by atoms with Crippen molar-refractivity contribution in [2.24, 2.45) is 0 Å². The average Bonchev–Trinajstić information content (AvgIpc) is 1.81. The van der Waals surface area contributed by atoms with Crippen molar-refractivity contribution in [3.8, 4) is 0 Å². The molecule has 0 aromatic rings. The smallest absolute Gasteiger partial charge is 0.214 e. The van der Waals surface area contributed by atoms with Gasteiger partial charge in [0.05, 0.1) is 5.41 Å². The minimum Gasteiger partial charge on any atom is -0.214 e. The fraction of sp³-hybridized carbons (Fsp3) is 0.200. The maximum atomic E-state index is 11.5. The van der Waals surface area contributed by atoms with Gasteiger partial charge in [-0.2, -0.15) is 13.2 Å². The van der Waals surface area contributed by atoms with E-state index in [1.807, 2.05) is 0 Å². The maximum Gasteiger partial charge on any atom is 0.501 e. The molecule has 0 heterocycles. The van der Waals surface area contributed by atoms with Crippen molar-refractivity contribution in [2.75, 3.05) is 0 Å². The molecule has 11 heavy (non-hydrogen) atoms. The van der Waals surface area contributed by atoms with Crippen molar-refractivity contribution >= 4 is 9.84 Å². The third kappa shape index (κ3) is 2.75. The lowest BCUT2D eigenvalue weighted by atomic mass is 10.6. The summed E-state index contributed by atoms with van der Waals surface area (Å²) < 4.78 is 54.5. The number of alkyl halides is 3. The second kappa shape index (κ2) is 3.08. The second-order valence-corrected chi connectivity index (χ2v) is 3.17. The van der Waals surface area contributed by atoms with Crippen molar-refractivity contribution in [3.05, 3.63) is 24.1 Å². The summed E-state index contributed by atoms with van der Waals surface area (Å²) in [5.74, 6) is 0. The molecule has 2 nitrogen and oxygen atoms in total. The highest BCUT2D eigenvalue weighted by Crippen LogP contribution is 2.23. The van der Waals surface area contributed by atoms with E-state index >= 15 is 0 Å². The van der Waals surface area contributed by atoms with Gasteiger partial charge in [0.15, 0.2) is 0 Å². The zero-order valence-corrected chi connectivity index (χ0v) is 6.04. The summed E-state index contributed by atoms with van der Waals surface area (Å²) in [5.41, 5.74) is -5.27. The summed E-state index contributed by atoms with van der Waals surface area (Å²) in [7, 11) is -5.24. The van der Waals surface area contributed by atoms with E-state index in [-0.39, 0.29) is 0 Å². The Balaban J connectivity index is 4.78. The first-order valence-electron chi connectivity index (χ1n) is 2.34. The first kappa shape index (κ1) is 10.2. The highest BCUT2D eigenvalue weighted by Gasteiger charge is 2.43. The normalized spacial score (nSPS) is 13.7. The molecule has 0 aromatic carbocycles. The van der Waals surface area contributed by atoms with Crippen LogP contribution in [0.3, 0.4) is 0 Å². The van der Waals surface area contributed by atoms with Crippen molar-refractivity contribution in [3.63, 3.8) is 0 Å². The standard InChI is InChI=1S/C5H4F3O2S/c1-2-3-4-11(9,10)5(6,7)8/h2-3H,1H2. The summed E-state index contributed by atoms with van der Waals surface area (Å²) in [5, 5.41) is 1.15. The van der Waals surface area contributed by atoms with Gasteiger partial charge in [-0.05, 0) is 6.08 Å². The number of halogens is 3. The van der Waals surface area contributed by atoms with Crippen molar-refractivity contribution in [1.82, 2.24) is 0 Å². The van der Waals surface area contributed by atoms with Crippen molar-refractivity contribution in [2.45, 2.75) is 5.51 Å². The number of hydrogen-bond acceptors (Lipinski definition) is 2. The van der Waals surface area contributed by atoms with Crippen LogP contribution in [-0.2, 0) is 9.84 Å². The van der Waals surface area contributed by atoms with Gasteiger partial charge >= 0.3 is 5.51 Å². The van der Waals surface area contributed by atoms with Crippen molar-refractivity contribution < 1.29 is 21.6 Å². The largest absolute Gasteiger partial charge is 0.501 e. The Bertz CT molecular complexity index is 260. The topological polar surface area (TPSA) is 34.1 Å². The van der Waals surface area contributed by atoms with E-state index in [1.165, 1.54) is 0 Å². The predicted molar refractivity (Wildman–Crippen MR) is 33.0 cm³/mol. The summed E-state index contributed by atoms with van der Waals surface area (Å²) in [6.45, 7) is 3.00. The lowest BCUT2D eigenvalue weighted by molar-refractivity contribution is -0.0425. The maximum absolute atomic E-state index is 11.5. The molecular weight excluding hydrogens is 181 g/mol. The molecule has 0 rings (SSSR count). The van der Waals surface area contributed by atoms with Crippen LogP contribution in [0.5, 0.6) is 0 Å². The molecular formula is C5H4F3O2S. The van der Waals surface area contributed by atoms with Crippen LogP contribution in [-0.4, -0.2) is 13.9 Å². The van der Waals surface area contributed by atoms with Gasteiger partial charge in [-0.1, -0.05) is 12.7 Å². The number of hydrogen-bond donors (Lipinski definition) is 0. The fourth-order valence-electron chi connectivity index (χ4n) is 0.205. The van der Waals surface area contributed by atoms with Gasteiger partial charge in [-0.25, -0.2) is 8.42 Å². The molecule has 0 aliphatic heterocycles. The Kier molecular flexibility index (Phi) is 2.86. The Hall–Kier alpha value is -0.780. The molecule has 0 aliphatic carbocycles. The molecule has 0 unspecified atom stereocenters. The predicted octanol–water partition coefficient (Wildman–Crippen LogP) is 1.42. The monoisotopic (exact) mass is 185 g/mol. The zero-order chi connectivity index (χ0) is 9.12. The van der Waals surface area contributed by atoms with E-state index in [2.05, 4.69) is 6.58 Å². The molecule has 1 radical (unpaired) electrons. The first-order valence-corrected chi connectivity index (χ1v) is 3.82. The Morgan fingerprint density at radius 1 is 1.36 bits per heavy atom. The molecule has 0 saturated heterocycles. The van der Waals surface area contributed by atoms with Crippen LogP contribution in [0, 0.1) is 5.41 Å². The quantitative estimate of drug-likeness (QED) is 0.610. The van der Waals surface area contributed by atoms with Gasteiger partial charge in [0.1, 0.15) is 0 Å². The summed E-state index contributed by atoms with van der Waals surface area (Å²) in [4.78, 5) is 0.